The highest BCUT2D eigenvalue weighted by atomic mass is 32.1. The van der Waals surface area contributed by atoms with Crippen LogP contribution in [0, 0.1) is 0 Å². The Kier molecular flexibility index (Phi) is 6.11. The predicted molar refractivity (Wildman–Crippen MR) is 72.0 cm³/mol. The van der Waals surface area contributed by atoms with E-state index >= 15 is 0 Å². The summed E-state index contributed by atoms with van der Waals surface area (Å²) in [6.07, 6.45) is 0. The Bertz CT molecular complexity index is 343. The second-order valence-corrected chi connectivity index (χ2v) is 4.62. The average molecular weight is 252 g/mol. The summed E-state index contributed by atoms with van der Waals surface area (Å²) in [7, 11) is 2.18. The molecule has 1 aromatic rings. The topological polar surface area (TPSA) is 24.8 Å². The summed E-state index contributed by atoms with van der Waals surface area (Å²) in [4.78, 5) is 14.5. The number of nitrogens with zero attached hydrogens (tertiary/aromatic N) is 1. The van der Waals surface area contributed by atoms with Gasteiger partial charge in [0.1, 0.15) is 6.67 Å². The lowest BCUT2D eigenvalue weighted by atomic mass is 10.2. The quantitative estimate of drug-likeness (QED) is 0.760. The third kappa shape index (κ3) is 5.26. The van der Waals surface area contributed by atoms with E-state index in [2.05, 4.69) is 31.5 Å². The smallest absolute Gasteiger partial charge is 0.133 e. The number of hydrogen-bond acceptors (Lipinski definition) is 3. The van der Waals surface area contributed by atoms with Crippen LogP contribution in [0.2, 0.25) is 0 Å². The summed E-state index contributed by atoms with van der Waals surface area (Å²) >= 11 is 4.41. The van der Waals surface area contributed by atoms with Gasteiger partial charge in [-0.05, 0) is 19.5 Å². The zero-order valence-corrected chi connectivity index (χ0v) is 11.3. The van der Waals surface area contributed by atoms with E-state index in [9.17, 15) is 4.79 Å². The van der Waals surface area contributed by atoms with Crippen LogP contribution < -0.4 is 4.90 Å². The van der Waals surface area contributed by atoms with Crippen molar-refractivity contribution < 1.29 is 9.69 Å². The standard InChI is InChI=1S/C7H6OS.C6H14N2/c8-7(9)6-4-2-1-3-5-6;1-3-8-5-4-7(2)6-8/h1-5H,(H,8,9);3-6H2,1-2H3. The molecule has 1 aromatic carbocycles. The number of hydrogen-bond donors (Lipinski definition) is 1. The molecule has 1 heterocycles. The van der Waals surface area contributed by atoms with Crippen LogP contribution in [0.4, 0.5) is 0 Å². The van der Waals surface area contributed by atoms with Crippen molar-refractivity contribution in [2.24, 2.45) is 0 Å². The van der Waals surface area contributed by atoms with Crippen LogP contribution in [-0.4, -0.2) is 43.4 Å². The second kappa shape index (κ2) is 7.37. The summed E-state index contributed by atoms with van der Waals surface area (Å²) in [6, 6.07) is 8.84. The van der Waals surface area contributed by atoms with Crippen LogP contribution in [0.25, 0.3) is 0 Å². The maximum absolute atomic E-state index is 10.5. The summed E-state index contributed by atoms with van der Waals surface area (Å²) in [5.41, 5.74) is 0.590. The first-order valence-electron chi connectivity index (χ1n) is 5.92. The summed E-state index contributed by atoms with van der Waals surface area (Å²) < 4.78 is 0. The molecule has 3 nitrogen and oxygen atoms in total. The van der Waals surface area contributed by atoms with Crippen molar-refractivity contribution in [2.75, 3.05) is 33.4 Å². The molecule has 0 aromatic heterocycles. The van der Waals surface area contributed by atoms with E-state index in [-0.39, 0.29) is 5.12 Å². The van der Waals surface area contributed by atoms with Crippen LogP contribution in [0.3, 0.4) is 0 Å². The minimum atomic E-state index is -0.296. The van der Waals surface area contributed by atoms with Gasteiger partial charge in [-0.3, -0.25) is 4.90 Å². The Morgan fingerprint density at radius 3 is 2.35 bits per heavy atom. The van der Waals surface area contributed by atoms with Crippen molar-refractivity contribution >= 4 is 17.7 Å². The highest BCUT2D eigenvalue weighted by molar-refractivity contribution is 7.77. The van der Waals surface area contributed by atoms with Crippen molar-refractivity contribution in [3.8, 4) is 0 Å². The van der Waals surface area contributed by atoms with Crippen molar-refractivity contribution in [1.82, 2.24) is 4.90 Å². The van der Waals surface area contributed by atoms with Crippen molar-refractivity contribution in [1.29, 1.82) is 0 Å². The van der Waals surface area contributed by atoms with E-state index in [1.807, 2.05) is 6.07 Å². The first-order chi connectivity index (χ1) is 8.13. The summed E-state index contributed by atoms with van der Waals surface area (Å²) in [6.45, 7) is 7.39. The van der Waals surface area contributed by atoms with Gasteiger partial charge in [-0.15, -0.1) is 0 Å². The maximum Gasteiger partial charge on any atom is 0.133 e. The van der Waals surface area contributed by atoms with Crippen LogP contribution in [0.15, 0.2) is 30.3 Å². The highest BCUT2D eigenvalue weighted by Gasteiger charge is 2.16. The number of quaternary nitrogens is 1. The molecule has 1 aliphatic heterocycles. The normalized spacial score (nSPS) is 19.5. The molecular weight excluding hydrogens is 232 g/mol. The van der Waals surface area contributed by atoms with E-state index in [1.165, 1.54) is 26.3 Å². The average Bonchev–Trinajstić information content (AvgIpc) is 2.77. The third-order valence-electron chi connectivity index (χ3n) is 2.85. The minimum absolute atomic E-state index is 0.296. The van der Waals surface area contributed by atoms with Gasteiger partial charge in [0.05, 0.1) is 19.6 Å². The first-order valence-corrected chi connectivity index (χ1v) is 6.32. The van der Waals surface area contributed by atoms with Crippen molar-refractivity contribution in [3.05, 3.63) is 35.9 Å². The van der Waals surface area contributed by atoms with Gasteiger partial charge in [0.25, 0.3) is 0 Å². The molecule has 1 N–H and O–H groups in total. The lowest BCUT2D eigenvalue weighted by Gasteiger charge is -2.07. The van der Waals surface area contributed by atoms with E-state index in [0.717, 1.165) is 0 Å². The molecule has 4 heteroatoms. The van der Waals surface area contributed by atoms with E-state index in [0.29, 0.717) is 5.56 Å². The van der Waals surface area contributed by atoms with Gasteiger partial charge in [-0.1, -0.05) is 30.3 Å². The zero-order chi connectivity index (χ0) is 12.7. The van der Waals surface area contributed by atoms with Crippen LogP contribution in [0.5, 0.6) is 0 Å². The Hall–Kier alpha value is -0.970. The van der Waals surface area contributed by atoms with Gasteiger partial charge in [-0.25, -0.2) is 0 Å². The fraction of sp³-hybridized carbons (Fsp3) is 0.462. The number of likely N-dealkylation sites (N-methyl/N-ethyl adjacent to an activating group) is 2. The molecule has 17 heavy (non-hydrogen) atoms. The number of carbonyl (C=O) groups is 1. The molecule has 0 amide bonds. The summed E-state index contributed by atoms with van der Waals surface area (Å²) in [5, 5.41) is -0.296. The van der Waals surface area contributed by atoms with E-state index < -0.39 is 0 Å². The van der Waals surface area contributed by atoms with E-state index in [4.69, 9.17) is 0 Å². The molecule has 1 saturated heterocycles. The molecule has 1 aliphatic rings. The van der Waals surface area contributed by atoms with Gasteiger partial charge in [0, 0.05) is 5.12 Å². The Balaban J connectivity index is 0.000000171. The molecule has 0 radical (unpaired) electrons. The Morgan fingerprint density at radius 2 is 2.06 bits per heavy atom. The molecular formula is C13H20N2OS. The molecule has 0 saturated carbocycles. The molecule has 2 rings (SSSR count). The molecule has 0 aliphatic carbocycles. The SMILES string of the molecule is CC[NH+]1CCN(C)C1.O=C([S-])c1ccccc1. The Morgan fingerprint density at radius 1 is 1.41 bits per heavy atom. The largest absolute Gasteiger partial charge is 0.737 e. The monoisotopic (exact) mass is 252 g/mol. The molecule has 94 valence electrons. The van der Waals surface area contributed by atoms with Crippen molar-refractivity contribution in [2.45, 2.75) is 6.92 Å². The lowest BCUT2D eigenvalue weighted by Crippen LogP contribution is -3.10. The second-order valence-electron chi connectivity index (χ2n) is 4.24. The van der Waals surface area contributed by atoms with Crippen molar-refractivity contribution in [3.63, 3.8) is 0 Å². The summed E-state index contributed by atoms with van der Waals surface area (Å²) in [5.74, 6) is 0. The molecule has 1 unspecified atom stereocenters. The molecule has 0 bridgehead atoms. The van der Waals surface area contributed by atoms with Crippen LogP contribution in [0.1, 0.15) is 17.3 Å². The molecule has 1 atom stereocenters. The van der Waals surface area contributed by atoms with Gasteiger partial charge in [-0.2, -0.15) is 0 Å². The number of nitrogens with one attached hydrogen (secondary N) is 1. The predicted octanol–water partition coefficient (Wildman–Crippen LogP) is 0.168. The maximum atomic E-state index is 10.5. The lowest BCUT2D eigenvalue weighted by molar-refractivity contribution is -0.889. The zero-order valence-electron chi connectivity index (χ0n) is 10.5. The van der Waals surface area contributed by atoms with Crippen LogP contribution in [-0.2, 0) is 12.6 Å². The fourth-order valence-corrected chi connectivity index (χ4v) is 1.89. The third-order valence-corrected chi connectivity index (χ3v) is 3.09. The minimum Gasteiger partial charge on any atom is -0.737 e. The number of carbonyl (C=O) groups excluding carboxylic acids is 1. The number of benzene rings is 1. The van der Waals surface area contributed by atoms with Crippen LogP contribution >= 0.6 is 0 Å². The molecule has 1 fully saturated rings. The fourth-order valence-electron chi connectivity index (χ4n) is 1.75. The van der Waals surface area contributed by atoms with Gasteiger partial charge < -0.3 is 22.3 Å². The van der Waals surface area contributed by atoms with Gasteiger partial charge in [0.2, 0.25) is 0 Å². The molecule has 0 spiro atoms. The number of rotatable bonds is 2. The van der Waals surface area contributed by atoms with Gasteiger partial charge in [0.15, 0.2) is 0 Å². The Labute approximate surface area is 109 Å². The highest BCUT2D eigenvalue weighted by Crippen LogP contribution is 1.96. The van der Waals surface area contributed by atoms with E-state index in [1.54, 1.807) is 29.2 Å². The first kappa shape index (κ1) is 14.1. The van der Waals surface area contributed by atoms with Gasteiger partial charge >= 0.3 is 0 Å².